The summed E-state index contributed by atoms with van der Waals surface area (Å²) in [7, 11) is 3.99. The van der Waals surface area contributed by atoms with Gasteiger partial charge in [-0.15, -0.1) is 0 Å². The Morgan fingerprint density at radius 2 is 2.26 bits per heavy atom. The Labute approximate surface area is 118 Å². The molecule has 1 atom stereocenters. The molecule has 0 aromatic carbocycles. The van der Waals surface area contributed by atoms with Crippen LogP contribution in [0.2, 0.25) is 5.02 Å². The lowest BCUT2D eigenvalue weighted by Gasteiger charge is -2.16. The molecule has 106 valence electrons. The van der Waals surface area contributed by atoms with Crippen molar-refractivity contribution in [1.82, 2.24) is 15.2 Å². The lowest BCUT2D eigenvalue weighted by molar-refractivity contribution is 0.0936. The molecule has 1 aromatic rings. The summed E-state index contributed by atoms with van der Waals surface area (Å²) in [6.45, 7) is 2.88. The third kappa shape index (κ3) is 5.02. The van der Waals surface area contributed by atoms with Gasteiger partial charge in [0.25, 0.3) is 5.91 Å². The number of hydrogen-bond acceptors (Lipinski definition) is 5. The van der Waals surface area contributed by atoms with Gasteiger partial charge in [-0.2, -0.15) is 0 Å². The first-order valence-corrected chi connectivity index (χ1v) is 6.39. The molecule has 1 heterocycles. The SMILES string of the molecule is CC(CCN(C)C)NC(=O)c1cnc(NN)c(Cl)c1. The summed E-state index contributed by atoms with van der Waals surface area (Å²) in [5, 5.41) is 3.22. The van der Waals surface area contributed by atoms with E-state index in [4.69, 9.17) is 17.4 Å². The number of rotatable bonds is 6. The van der Waals surface area contributed by atoms with Crippen molar-refractivity contribution in [2.45, 2.75) is 19.4 Å². The molecule has 0 fully saturated rings. The van der Waals surface area contributed by atoms with Crippen molar-refractivity contribution in [2.75, 3.05) is 26.1 Å². The van der Waals surface area contributed by atoms with Crippen molar-refractivity contribution < 1.29 is 4.79 Å². The normalized spacial score (nSPS) is 12.3. The molecule has 1 rings (SSSR count). The molecule has 0 aliphatic rings. The van der Waals surface area contributed by atoms with Crippen molar-refractivity contribution in [1.29, 1.82) is 0 Å². The Hall–Kier alpha value is -1.37. The highest BCUT2D eigenvalue weighted by Crippen LogP contribution is 2.18. The standard InChI is InChI=1S/C12H20ClN5O/c1-8(4-5-18(2)3)16-12(19)9-6-10(13)11(17-14)15-7-9/h6-8H,4-5,14H2,1-3H3,(H,15,17)(H,16,19). The van der Waals surface area contributed by atoms with E-state index in [0.717, 1.165) is 13.0 Å². The second-order valence-corrected chi connectivity index (χ2v) is 5.07. The number of nitrogens with two attached hydrogens (primary N) is 1. The highest BCUT2D eigenvalue weighted by molar-refractivity contribution is 6.33. The number of carbonyl (C=O) groups excluding carboxylic acids is 1. The molecule has 4 N–H and O–H groups in total. The third-order valence-corrected chi connectivity index (χ3v) is 2.92. The van der Waals surface area contributed by atoms with Gasteiger partial charge in [0.15, 0.2) is 5.82 Å². The Bertz CT molecular complexity index is 438. The average molecular weight is 286 g/mol. The number of aromatic nitrogens is 1. The molecule has 0 bridgehead atoms. The topological polar surface area (TPSA) is 83.3 Å². The van der Waals surface area contributed by atoms with E-state index in [1.54, 1.807) is 0 Å². The highest BCUT2D eigenvalue weighted by Gasteiger charge is 2.12. The quantitative estimate of drug-likeness (QED) is 0.538. The van der Waals surface area contributed by atoms with Gasteiger partial charge in [0.05, 0.1) is 10.6 Å². The Balaban J connectivity index is 2.60. The molecule has 0 radical (unpaired) electrons. The van der Waals surface area contributed by atoms with Gasteiger partial charge in [-0.3, -0.25) is 4.79 Å². The zero-order valence-corrected chi connectivity index (χ0v) is 12.2. The van der Waals surface area contributed by atoms with Gasteiger partial charge >= 0.3 is 0 Å². The predicted molar refractivity (Wildman–Crippen MR) is 77.2 cm³/mol. The smallest absolute Gasteiger partial charge is 0.253 e. The molecular formula is C12H20ClN5O. The number of nitrogens with one attached hydrogen (secondary N) is 2. The Morgan fingerprint density at radius 1 is 1.58 bits per heavy atom. The van der Waals surface area contributed by atoms with Crippen molar-refractivity contribution >= 4 is 23.3 Å². The van der Waals surface area contributed by atoms with E-state index < -0.39 is 0 Å². The minimum Gasteiger partial charge on any atom is -0.349 e. The Kier molecular flexibility index (Phi) is 6.01. The van der Waals surface area contributed by atoms with Crippen LogP contribution in [0.25, 0.3) is 0 Å². The number of nitrogens with zero attached hydrogens (tertiary/aromatic N) is 2. The first-order valence-electron chi connectivity index (χ1n) is 6.01. The molecule has 0 spiro atoms. The second kappa shape index (κ2) is 7.28. The molecule has 19 heavy (non-hydrogen) atoms. The van der Waals surface area contributed by atoms with Crippen molar-refractivity contribution in [3.63, 3.8) is 0 Å². The van der Waals surface area contributed by atoms with Crippen LogP contribution in [0.3, 0.4) is 0 Å². The summed E-state index contributed by atoms with van der Waals surface area (Å²) in [6, 6.07) is 1.62. The fourth-order valence-electron chi connectivity index (χ4n) is 1.50. The van der Waals surface area contributed by atoms with Crippen LogP contribution in [0.4, 0.5) is 5.82 Å². The van der Waals surface area contributed by atoms with E-state index in [1.165, 1.54) is 12.3 Å². The molecule has 0 saturated carbocycles. The van der Waals surface area contributed by atoms with Crippen LogP contribution in [-0.4, -0.2) is 42.5 Å². The molecule has 0 aliphatic carbocycles. The number of pyridine rings is 1. The summed E-state index contributed by atoms with van der Waals surface area (Å²) in [5.74, 6) is 5.38. The molecule has 1 aromatic heterocycles. The minimum atomic E-state index is -0.191. The molecule has 1 amide bonds. The largest absolute Gasteiger partial charge is 0.349 e. The zero-order valence-electron chi connectivity index (χ0n) is 11.4. The van der Waals surface area contributed by atoms with Crippen molar-refractivity contribution in [3.8, 4) is 0 Å². The first-order chi connectivity index (χ1) is 8.93. The maximum atomic E-state index is 12.0. The number of halogens is 1. The summed E-state index contributed by atoms with van der Waals surface area (Å²) < 4.78 is 0. The van der Waals surface area contributed by atoms with E-state index >= 15 is 0 Å². The fourth-order valence-corrected chi connectivity index (χ4v) is 1.72. The third-order valence-electron chi connectivity index (χ3n) is 2.63. The van der Waals surface area contributed by atoms with Gasteiger partial charge in [0.2, 0.25) is 0 Å². The molecular weight excluding hydrogens is 266 g/mol. The minimum absolute atomic E-state index is 0.0842. The van der Waals surface area contributed by atoms with Gasteiger partial charge in [-0.1, -0.05) is 11.6 Å². The molecule has 6 nitrogen and oxygen atoms in total. The molecule has 1 unspecified atom stereocenters. The van der Waals surface area contributed by atoms with Gasteiger partial charge in [0.1, 0.15) is 0 Å². The van der Waals surface area contributed by atoms with Crippen LogP contribution in [0.1, 0.15) is 23.7 Å². The number of amides is 1. The van der Waals surface area contributed by atoms with Crippen LogP contribution in [0.15, 0.2) is 12.3 Å². The molecule has 0 saturated heterocycles. The van der Waals surface area contributed by atoms with Crippen LogP contribution >= 0.6 is 11.6 Å². The number of hydrazine groups is 1. The highest BCUT2D eigenvalue weighted by atomic mass is 35.5. The van der Waals surface area contributed by atoms with Crippen LogP contribution in [0, 0.1) is 0 Å². The van der Waals surface area contributed by atoms with Crippen molar-refractivity contribution in [3.05, 3.63) is 22.8 Å². The first kappa shape index (κ1) is 15.7. The van der Waals surface area contributed by atoms with E-state index in [0.29, 0.717) is 16.4 Å². The van der Waals surface area contributed by atoms with Gasteiger partial charge < -0.3 is 15.6 Å². The zero-order chi connectivity index (χ0) is 14.4. The monoisotopic (exact) mass is 285 g/mol. The summed E-state index contributed by atoms with van der Waals surface area (Å²) in [5.41, 5.74) is 2.77. The van der Waals surface area contributed by atoms with Crippen LogP contribution in [0.5, 0.6) is 0 Å². The molecule has 0 aliphatic heterocycles. The van der Waals surface area contributed by atoms with Crippen LogP contribution < -0.4 is 16.6 Å². The lowest BCUT2D eigenvalue weighted by atomic mass is 10.2. The average Bonchev–Trinajstić information content (AvgIpc) is 2.36. The van der Waals surface area contributed by atoms with E-state index in [9.17, 15) is 4.79 Å². The number of hydrogen-bond donors (Lipinski definition) is 3. The maximum Gasteiger partial charge on any atom is 0.253 e. The number of nitrogen functional groups attached to an aromatic ring is 1. The van der Waals surface area contributed by atoms with Gasteiger partial charge in [-0.25, -0.2) is 10.8 Å². The lowest BCUT2D eigenvalue weighted by Crippen LogP contribution is -2.34. The predicted octanol–water partition coefficient (Wildman–Crippen LogP) is 1.09. The van der Waals surface area contributed by atoms with Crippen molar-refractivity contribution in [2.24, 2.45) is 5.84 Å². The second-order valence-electron chi connectivity index (χ2n) is 4.67. The van der Waals surface area contributed by atoms with E-state index in [1.807, 2.05) is 21.0 Å². The number of carbonyl (C=O) groups is 1. The van der Waals surface area contributed by atoms with E-state index in [-0.39, 0.29) is 11.9 Å². The maximum absolute atomic E-state index is 12.0. The fraction of sp³-hybridized carbons (Fsp3) is 0.500. The summed E-state index contributed by atoms with van der Waals surface area (Å²) in [4.78, 5) is 18.0. The number of anilines is 1. The van der Waals surface area contributed by atoms with Gasteiger partial charge in [0, 0.05) is 12.2 Å². The molecule has 7 heteroatoms. The van der Waals surface area contributed by atoms with Crippen LogP contribution in [-0.2, 0) is 0 Å². The summed E-state index contributed by atoms with van der Waals surface area (Å²) in [6.07, 6.45) is 2.32. The summed E-state index contributed by atoms with van der Waals surface area (Å²) >= 11 is 5.92. The van der Waals surface area contributed by atoms with E-state index in [2.05, 4.69) is 20.6 Å². The van der Waals surface area contributed by atoms with Gasteiger partial charge in [-0.05, 0) is 40.1 Å². The Morgan fingerprint density at radius 3 is 2.79 bits per heavy atom.